The first-order chi connectivity index (χ1) is 10.2. The van der Waals surface area contributed by atoms with Crippen molar-refractivity contribution in [3.8, 4) is 0 Å². The monoisotopic (exact) mass is 308 g/mol. The second kappa shape index (κ2) is 6.32. The first-order valence-corrected chi connectivity index (χ1v) is 8.73. The predicted molar refractivity (Wildman–Crippen MR) is 85.5 cm³/mol. The number of hydrogen-bond acceptors (Lipinski definition) is 5. The van der Waals surface area contributed by atoms with Crippen LogP contribution < -0.4 is 10.6 Å². The molecule has 3 rings (SSSR count). The maximum Gasteiger partial charge on any atom is 0.226 e. The molecule has 0 aromatic carbocycles. The third-order valence-electron chi connectivity index (χ3n) is 4.75. The van der Waals surface area contributed by atoms with E-state index in [-0.39, 0.29) is 5.92 Å². The Morgan fingerprint density at radius 1 is 1.38 bits per heavy atom. The summed E-state index contributed by atoms with van der Waals surface area (Å²) < 4.78 is 0. The van der Waals surface area contributed by atoms with Crippen LogP contribution in [0.15, 0.2) is 5.38 Å². The second-order valence-electron chi connectivity index (χ2n) is 6.12. The molecular formula is C15H24N4OS. The summed E-state index contributed by atoms with van der Waals surface area (Å²) in [6.07, 6.45) is 3.29. The van der Waals surface area contributed by atoms with E-state index >= 15 is 0 Å². The van der Waals surface area contributed by atoms with Crippen LogP contribution >= 0.6 is 11.3 Å². The normalized spacial score (nSPS) is 26.4. The van der Waals surface area contributed by atoms with Crippen LogP contribution in [-0.2, 0) is 4.79 Å². The third-order valence-corrected chi connectivity index (χ3v) is 5.77. The number of carbonyl (C=O) groups is 1. The van der Waals surface area contributed by atoms with E-state index in [9.17, 15) is 4.79 Å². The van der Waals surface area contributed by atoms with Gasteiger partial charge in [0, 0.05) is 37.5 Å². The molecule has 21 heavy (non-hydrogen) atoms. The van der Waals surface area contributed by atoms with Gasteiger partial charge in [0.05, 0.1) is 5.69 Å². The molecule has 2 heterocycles. The molecule has 2 aliphatic rings. The lowest BCUT2D eigenvalue weighted by Gasteiger charge is -2.36. The lowest BCUT2D eigenvalue weighted by Crippen LogP contribution is -2.51. The molecule has 5 nitrogen and oxygen atoms in total. The van der Waals surface area contributed by atoms with Crippen LogP contribution in [0.25, 0.3) is 0 Å². The Bertz CT molecular complexity index is 496. The van der Waals surface area contributed by atoms with Gasteiger partial charge in [0.15, 0.2) is 5.13 Å². The minimum absolute atomic E-state index is 0.170. The fraction of sp³-hybridized carbons (Fsp3) is 0.733. The van der Waals surface area contributed by atoms with E-state index in [0.717, 1.165) is 56.3 Å². The minimum Gasteiger partial charge on any atom is -0.345 e. The van der Waals surface area contributed by atoms with Gasteiger partial charge in [-0.3, -0.25) is 4.79 Å². The number of nitrogens with two attached hydrogens (primary N) is 1. The van der Waals surface area contributed by atoms with E-state index in [0.29, 0.717) is 18.4 Å². The Balaban J connectivity index is 1.57. The summed E-state index contributed by atoms with van der Waals surface area (Å²) in [6.45, 7) is 6.06. The first kappa shape index (κ1) is 14.8. The molecule has 0 unspecified atom stereocenters. The molecule has 1 amide bonds. The van der Waals surface area contributed by atoms with Crippen LogP contribution in [0.2, 0.25) is 0 Å². The molecule has 1 saturated heterocycles. The van der Waals surface area contributed by atoms with E-state index in [1.807, 2.05) is 11.8 Å². The fourth-order valence-electron chi connectivity index (χ4n) is 3.48. The number of carbonyl (C=O) groups excluding carboxylic acids is 1. The van der Waals surface area contributed by atoms with Crippen molar-refractivity contribution < 1.29 is 4.79 Å². The summed E-state index contributed by atoms with van der Waals surface area (Å²) >= 11 is 1.69. The number of aromatic nitrogens is 1. The molecule has 6 heteroatoms. The van der Waals surface area contributed by atoms with Gasteiger partial charge < -0.3 is 15.5 Å². The molecule has 0 bridgehead atoms. The summed E-state index contributed by atoms with van der Waals surface area (Å²) in [5, 5.41) is 3.16. The van der Waals surface area contributed by atoms with E-state index < -0.39 is 0 Å². The molecule has 1 saturated carbocycles. The van der Waals surface area contributed by atoms with E-state index in [1.165, 1.54) is 0 Å². The van der Waals surface area contributed by atoms with Crippen molar-refractivity contribution in [1.29, 1.82) is 0 Å². The summed E-state index contributed by atoms with van der Waals surface area (Å²) in [5.74, 6) is 0.902. The Kier molecular flexibility index (Phi) is 4.45. The zero-order valence-electron chi connectivity index (χ0n) is 12.6. The van der Waals surface area contributed by atoms with E-state index in [2.05, 4.69) is 15.3 Å². The molecule has 2 atom stereocenters. The molecule has 0 spiro atoms. The van der Waals surface area contributed by atoms with Crippen molar-refractivity contribution in [1.82, 2.24) is 9.88 Å². The number of nitrogens with zero attached hydrogens (tertiary/aromatic N) is 3. The maximum absolute atomic E-state index is 12.7. The van der Waals surface area contributed by atoms with Crippen LogP contribution in [0.1, 0.15) is 25.0 Å². The number of piperazine rings is 1. The van der Waals surface area contributed by atoms with Gasteiger partial charge in [-0.25, -0.2) is 4.98 Å². The first-order valence-electron chi connectivity index (χ1n) is 7.85. The van der Waals surface area contributed by atoms with Gasteiger partial charge in [-0.15, -0.1) is 11.3 Å². The maximum atomic E-state index is 12.7. The molecule has 1 aromatic rings. The highest BCUT2D eigenvalue weighted by Gasteiger charge is 2.35. The smallest absolute Gasteiger partial charge is 0.226 e. The highest BCUT2D eigenvalue weighted by atomic mass is 32.1. The minimum atomic E-state index is 0.170. The highest BCUT2D eigenvalue weighted by Crippen LogP contribution is 2.33. The Morgan fingerprint density at radius 3 is 2.76 bits per heavy atom. The van der Waals surface area contributed by atoms with Gasteiger partial charge >= 0.3 is 0 Å². The van der Waals surface area contributed by atoms with Crippen LogP contribution in [0.4, 0.5) is 5.13 Å². The number of aryl methyl sites for hydroxylation is 1. The Labute approximate surface area is 130 Å². The zero-order valence-corrected chi connectivity index (χ0v) is 13.4. The van der Waals surface area contributed by atoms with E-state index in [1.54, 1.807) is 11.3 Å². The van der Waals surface area contributed by atoms with Crippen molar-refractivity contribution in [3.63, 3.8) is 0 Å². The van der Waals surface area contributed by atoms with Gasteiger partial charge in [0.1, 0.15) is 0 Å². The molecule has 2 fully saturated rings. The van der Waals surface area contributed by atoms with Crippen molar-refractivity contribution in [2.24, 2.45) is 17.6 Å². The number of hydrogen-bond donors (Lipinski definition) is 1. The molecule has 0 radical (unpaired) electrons. The van der Waals surface area contributed by atoms with Crippen molar-refractivity contribution in [2.75, 3.05) is 37.6 Å². The van der Waals surface area contributed by atoms with Gasteiger partial charge in [-0.05, 0) is 32.2 Å². The SMILES string of the molecule is Cc1csc(N2CCN(C(=O)[C@@H]3CCC[C@@H]3CN)CC2)n1. The number of thiazole rings is 1. The molecule has 1 aliphatic heterocycles. The highest BCUT2D eigenvalue weighted by molar-refractivity contribution is 7.13. The zero-order chi connectivity index (χ0) is 14.8. The quantitative estimate of drug-likeness (QED) is 0.918. The summed E-state index contributed by atoms with van der Waals surface area (Å²) in [5.41, 5.74) is 6.88. The van der Waals surface area contributed by atoms with Gasteiger partial charge in [0.25, 0.3) is 0 Å². The van der Waals surface area contributed by atoms with Crippen LogP contribution in [-0.4, -0.2) is 48.5 Å². The third kappa shape index (κ3) is 3.06. The van der Waals surface area contributed by atoms with Crippen LogP contribution in [0.5, 0.6) is 0 Å². The predicted octanol–water partition coefficient (Wildman–Crippen LogP) is 1.48. The molecule has 1 aliphatic carbocycles. The lowest BCUT2D eigenvalue weighted by molar-refractivity contribution is -0.136. The Morgan fingerprint density at radius 2 is 2.14 bits per heavy atom. The van der Waals surface area contributed by atoms with Crippen LogP contribution in [0, 0.1) is 18.8 Å². The largest absolute Gasteiger partial charge is 0.345 e. The molecule has 116 valence electrons. The standard InChI is InChI=1S/C15H24N4OS/c1-11-10-21-15(17-11)19-7-5-18(6-8-19)14(20)13-4-2-3-12(13)9-16/h10,12-13H,2-9,16H2,1H3/t12-,13-/m1/s1. The van der Waals surface area contributed by atoms with Crippen molar-refractivity contribution in [3.05, 3.63) is 11.1 Å². The molecule has 2 N–H and O–H groups in total. The number of amides is 1. The summed E-state index contributed by atoms with van der Waals surface area (Å²) in [7, 11) is 0. The fourth-order valence-corrected chi connectivity index (χ4v) is 4.34. The number of anilines is 1. The summed E-state index contributed by atoms with van der Waals surface area (Å²) in [4.78, 5) is 21.5. The Hall–Kier alpha value is -1.14. The summed E-state index contributed by atoms with van der Waals surface area (Å²) in [6, 6.07) is 0. The topological polar surface area (TPSA) is 62.5 Å². The van der Waals surface area contributed by atoms with Gasteiger partial charge in [-0.1, -0.05) is 6.42 Å². The van der Waals surface area contributed by atoms with Crippen molar-refractivity contribution >= 4 is 22.4 Å². The second-order valence-corrected chi connectivity index (χ2v) is 6.95. The van der Waals surface area contributed by atoms with Crippen molar-refractivity contribution in [2.45, 2.75) is 26.2 Å². The van der Waals surface area contributed by atoms with Gasteiger partial charge in [0.2, 0.25) is 5.91 Å². The average molecular weight is 308 g/mol. The molecular weight excluding hydrogens is 284 g/mol. The van der Waals surface area contributed by atoms with Gasteiger partial charge in [-0.2, -0.15) is 0 Å². The lowest BCUT2D eigenvalue weighted by atomic mass is 9.94. The number of rotatable bonds is 3. The average Bonchev–Trinajstić information content (AvgIpc) is 3.15. The van der Waals surface area contributed by atoms with E-state index in [4.69, 9.17) is 5.73 Å². The van der Waals surface area contributed by atoms with Crippen LogP contribution in [0.3, 0.4) is 0 Å². The molecule has 1 aromatic heterocycles.